The first kappa shape index (κ1) is 18.0. The minimum absolute atomic E-state index is 0.0343. The highest BCUT2D eigenvalue weighted by Gasteiger charge is 2.30. The summed E-state index contributed by atoms with van der Waals surface area (Å²) in [6, 6.07) is 7.50. The molecule has 0 spiro atoms. The average molecular weight is 356 g/mol. The number of carbonyl (C=O) groups is 2. The highest BCUT2D eigenvalue weighted by molar-refractivity contribution is 5.94. The van der Waals surface area contributed by atoms with Gasteiger partial charge in [-0.15, -0.1) is 0 Å². The van der Waals surface area contributed by atoms with Crippen LogP contribution >= 0.6 is 0 Å². The molecular formula is C19H24N4O3. The molecule has 3 rings (SSSR count). The zero-order chi connectivity index (χ0) is 18.9. The smallest absolute Gasteiger partial charge is 0.258 e. The number of carbonyl (C=O) groups excluding carboxylic acids is 2. The zero-order valence-electron chi connectivity index (χ0n) is 15.5. The van der Waals surface area contributed by atoms with Crippen LogP contribution in [0.1, 0.15) is 49.9 Å². The van der Waals surface area contributed by atoms with E-state index in [1.807, 2.05) is 52.0 Å². The van der Waals surface area contributed by atoms with E-state index in [-0.39, 0.29) is 29.9 Å². The molecule has 1 aliphatic heterocycles. The van der Waals surface area contributed by atoms with Gasteiger partial charge in [0, 0.05) is 29.1 Å². The summed E-state index contributed by atoms with van der Waals surface area (Å²) in [5, 5.41) is 12.7. The Morgan fingerprint density at radius 2 is 2.00 bits per heavy atom. The minimum Gasteiger partial charge on any atom is -0.484 e. The van der Waals surface area contributed by atoms with E-state index >= 15 is 0 Å². The van der Waals surface area contributed by atoms with Crippen molar-refractivity contribution in [2.24, 2.45) is 0 Å². The van der Waals surface area contributed by atoms with Gasteiger partial charge in [-0.1, -0.05) is 12.1 Å². The van der Waals surface area contributed by atoms with Crippen LogP contribution in [-0.2, 0) is 9.59 Å². The predicted molar refractivity (Wildman–Crippen MR) is 98.2 cm³/mol. The van der Waals surface area contributed by atoms with Gasteiger partial charge >= 0.3 is 0 Å². The molecule has 0 aliphatic carbocycles. The fourth-order valence-corrected chi connectivity index (χ4v) is 3.11. The number of amides is 2. The van der Waals surface area contributed by atoms with Crippen molar-refractivity contribution in [3.8, 4) is 5.75 Å². The second-order valence-electron chi connectivity index (χ2n) is 7.57. The summed E-state index contributed by atoms with van der Waals surface area (Å²) in [5.41, 5.74) is 2.69. The number of aromatic amines is 1. The number of ether oxygens (including phenoxy) is 1. The number of rotatable bonds is 4. The second-order valence-corrected chi connectivity index (χ2v) is 7.57. The van der Waals surface area contributed by atoms with E-state index in [0.717, 1.165) is 16.8 Å². The predicted octanol–water partition coefficient (Wildman–Crippen LogP) is 2.49. The number of nitrogens with one attached hydrogen (secondary N) is 3. The van der Waals surface area contributed by atoms with E-state index in [2.05, 4.69) is 20.8 Å². The maximum atomic E-state index is 11.9. The molecule has 1 aromatic heterocycles. The Morgan fingerprint density at radius 1 is 1.31 bits per heavy atom. The third-order valence-electron chi connectivity index (χ3n) is 4.16. The lowest BCUT2D eigenvalue weighted by Gasteiger charge is -2.23. The summed E-state index contributed by atoms with van der Waals surface area (Å²) in [7, 11) is 0. The lowest BCUT2D eigenvalue weighted by molar-refractivity contribution is -0.124. The number of H-pyrrole nitrogens is 1. The molecule has 26 heavy (non-hydrogen) atoms. The van der Waals surface area contributed by atoms with Crippen LogP contribution in [0.5, 0.6) is 5.75 Å². The molecule has 3 N–H and O–H groups in total. The molecule has 0 saturated carbocycles. The summed E-state index contributed by atoms with van der Waals surface area (Å²) in [6.07, 6.45) is 0.377. The monoisotopic (exact) mass is 356 g/mol. The highest BCUT2D eigenvalue weighted by atomic mass is 16.5. The zero-order valence-corrected chi connectivity index (χ0v) is 15.5. The first-order valence-electron chi connectivity index (χ1n) is 8.61. The number of hydrogen-bond donors (Lipinski definition) is 3. The van der Waals surface area contributed by atoms with Crippen molar-refractivity contribution in [3.05, 3.63) is 41.1 Å². The summed E-state index contributed by atoms with van der Waals surface area (Å²) in [4.78, 5) is 23.8. The molecule has 1 aliphatic rings. The van der Waals surface area contributed by atoms with Crippen LogP contribution in [0.15, 0.2) is 24.3 Å². The van der Waals surface area contributed by atoms with Gasteiger partial charge in [0.2, 0.25) is 5.91 Å². The molecule has 1 unspecified atom stereocenters. The van der Waals surface area contributed by atoms with Crippen molar-refractivity contribution in [1.29, 1.82) is 0 Å². The maximum Gasteiger partial charge on any atom is 0.258 e. The standard InChI is InChI=1S/C19H24N4O3/c1-11-17-14(9-15(24)20-18(17)23-22-11)12-5-7-13(8-6-12)26-10-16(25)21-19(2,3)4/h5-8,14H,9-10H2,1-4H3,(H,21,25)(H2,20,22,23,24). The van der Waals surface area contributed by atoms with Crippen LogP contribution in [0.4, 0.5) is 5.82 Å². The van der Waals surface area contributed by atoms with E-state index in [1.165, 1.54) is 0 Å². The number of aromatic nitrogens is 2. The van der Waals surface area contributed by atoms with E-state index in [4.69, 9.17) is 4.74 Å². The van der Waals surface area contributed by atoms with E-state index < -0.39 is 0 Å². The number of hydrogen-bond acceptors (Lipinski definition) is 4. The number of anilines is 1. The van der Waals surface area contributed by atoms with Gasteiger partial charge in [-0.25, -0.2) is 0 Å². The molecule has 2 aromatic rings. The lowest BCUT2D eigenvalue weighted by Crippen LogP contribution is -2.43. The molecule has 0 fully saturated rings. The van der Waals surface area contributed by atoms with Crippen LogP contribution in [0.2, 0.25) is 0 Å². The quantitative estimate of drug-likeness (QED) is 0.784. The molecule has 138 valence electrons. The Morgan fingerprint density at radius 3 is 2.65 bits per heavy atom. The SMILES string of the molecule is Cc1[nH]nc2c1C(c1ccc(OCC(=O)NC(C)(C)C)cc1)CC(=O)N2. The summed E-state index contributed by atoms with van der Waals surface area (Å²) in [6.45, 7) is 7.68. The van der Waals surface area contributed by atoms with Gasteiger partial charge in [-0.05, 0) is 45.4 Å². The van der Waals surface area contributed by atoms with E-state index in [0.29, 0.717) is 18.0 Å². The molecule has 1 atom stereocenters. The molecule has 0 saturated heterocycles. The van der Waals surface area contributed by atoms with Gasteiger partial charge in [0.15, 0.2) is 12.4 Å². The van der Waals surface area contributed by atoms with Crippen LogP contribution in [-0.4, -0.2) is 34.2 Å². The largest absolute Gasteiger partial charge is 0.484 e. The summed E-state index contributed by atoms with van der Waals surface area (Å²) >= 11 is 0. The topological polar surface area (TPSA) is 96.1 Å². The Balaban J connectivity index is 1.69. The summed E-state index contributed by atoms with van der Waals surface area (Å²) < 4.78 is 5.55. The van der Waals surface area contributed by atoms with E-state index in [9.17, 15) is 9.59 Å². The molecule has 2 amide bonds. The number of fused-ring (bicyclic) bond motifs is 1. The Kier molecular flexibility index (Phi) is 4.71. The second kappa shape index (κ2) is 6.82. The fourth-order valence-electron chi connectivity index (χ4n) is 3.11. The molecule has 2 heterocycles. The fraction of sp³-hybridized carbons (Fsp3) is 0.421. The number of aryl methyl sites for hydroxylation is 1. The van der Waals surface area contributed by atoms with Gasteiger partial charge in [0.25, 0.3) is 5.91 Å². The Labute approximate surface area is 152 Å². The van der Waals surface area contributed by atoms with Crippen molar-refractivity contribution < 1.29 is 14.3 Å². The first-order valence-corrected chi connectivity index (χ1v) is 8.61. The van der Waals surface area contributed by atoms with Crippen molar-refractivity contribution >= 4 is 17.6 Å². The number of nitrogens with zero attached hydrogens (tertiary/aromatic N) is 1. The lowest BCUT2D eigenvalue weighted by atomic mass is 9.86. The molecule has 0 bridgehead atoms. The van der Waals surface area contributed by atoms with Crippen LogP contribution in [0.3, 0.4) is 0 Å². The maximum absolute atomic E-state index is 11.9. The first-order chi connectivity index (χ1) is 12.2. The van der Waals surface area contributed by atoms with Gasteiger partial charge in [0.1, 0.15) is 5.75 Å². The molecule has 0 radical (unpaired) electrons. The molecule has 1 aromatic carbocycles. The Hall–Kier alpha value is -2.83. The van der Waals surface area contributed by atoms with Crippen molar-refractivity contribution in [1.82, 2.24) is 15.5 Å². The highest BCUT2D eigenvalue weighted by Crippen LogP contribution is 2.38. The minimum atomic E-state index is -0.286. The average Bonchev–Trinajstić information content (AvgIpc) is 2.92. The summed E-state index contributed by atoms with van der Waals surface area (Å²) in [5.74, 6) is 0.957. The van der Waals surface area contributed by atoms with Crippen molar-refractivity contribution in [3.63, 3.8) is 0 Å². The van der Waals surface area contributed by atoms with Gasteiger partial charge in [-0.3, -0.25) is 14.7 Å². The molecule has 7 nitrogen and oxygen atoms in total. The van der Waals surface area contributed by atoms with E-state index in [1.54, 1.807) is 0 Å². The number of benzene rings is 1. The third-order valence-corrected chi connectivity index (χ3v) is 4.16. The normalized spacial score (nSPS) is 16.6. The van der Waals surface area contributed by atoms with Gasteiger partial charge in [0.05, 0.1) is 0 Å². The van der Waals surface area contributed by atoms with Crippen molar-refractivity contribution in [2.45, 2.75) is 45.6 Å². The molecular weight excluding hydrogens is 332 g/mol. The van der Waals surface area contributed by atoms with Gasteiger partial charge in [-0.2, -0.15) is 5.10 Å². The van der Waals surface area contributed by atoms with Crippen LogP contribution in [0.25, 0.3) is 0 Å². The third kappa shape index (κ3) is 4.04. The molecule has 7 heteroatoms. The van der Waals surface area contributed by atoms with Crippen LogP contribution < -0.4 is 15.4 Å². The van der Waals surface area contributed by atoms with Crippen molar-refractivity contribution in [2.75, 3.05) is 11.9 Å². The van der Waals surface area contributed by atoms with Crippen LogP contribution in [0, 0.1) is 6.92 Å². The Bertz CT molecular complexity index is 818. The van der Waals surface area contributed by atoms with Gasteiger partial charge < -0.3 is 15.4 Å².